The molecule has 2 N–H and O–H groups in total. The fourth-order valence-corrected chi connectivity index (χ4v) is 2.56. The van der Waals surface area contributed by atoms with E-state index in [4.69, 9.17) is 15.5 Å². The van der Waals surface area contributed by atoms with Gasteiger partial charge in [0.2, 0.25) is 0 Å². The standard InChI is InChI=1S/C17H27N3O/c1-12(2)11-20-16-7-6-14(10-18)9-15(16)19-17(20)8-5-13(3)21-4/h6-7,9,12-13H,5,8,10-11,18H2,1-4H3. The molecule has 0 fully saturated rings. The normalized spacial score (nSPS) is 13.2. The third-order valence-electron chi connectivity index (χ3n) is 3.85. The third kappa shape index (κ3) is 3.83. The summed E-state index contributed by atoms with van der Waals surface area (Å²) < 4.78 is 7.70. The predicted octanol–water partition coefficient (Wildman–Crippen LogP) is 3.12. The summed E-state index contributed by atoms with van der Waals surface area (Å²) in [5, 5.41) is 0. The van der Waals surface area contributed by atoms with Crippen LogP contribution in [0.25, 0.3) is 11.0 Å². The number of ether oxygens (including phenoxy) is 1. The highest BCUT2D eigenvalue weighted by molar-refractivity contribution is 5.77. The van der Waals surface area contributed by atoms with E-state index in [-0.39, 0.29) is 6.10 Å². The minimum Gasteiger partial charge on any atom is -0.382 e. The van der Waals surface area contributed by atoms with Gasteiger partial charge in [-0.3, -0.25) is 0 Å². The van der Waals surface area contributed by atoms with Gasteiger partial charge < -0.3 is 15.0 Å². The minimum atomic E-state index is 0.261. The van der Waals surface area contributed by atoms with Crippen LogP contribution in [0.4, 0.5) is 0 Å². The molecule has 1 aromatic heterocycles. The summed E-state index contributed by atoms with van der Waals surface area (Å²) in [6.07, 6.45) is 2.19. The Labute approximate surface area is 127 Å². The fourth-order valence-electron chi connectivity index (χ4n) is 2.56. The predicted molar refractivity (Wildman–Crippen MR) is 87.3 cm³/mol. The van der Waals surface area contributed by atoms with Crippen LogP contribution >= 0.6 is 0 Å². The van der Waals surface area contributed by atoms with Crippen LogP contribution in [-0.4, -0.2) is 22.8 Å². The average Bonchev–Trinajstić information content (AvgIpc) is 2.81. The summed E-state index contributed by atoms with van der Waals surface area (Å²) in [5.41, 5.74) is 9.13. The molecule has 2 aromatic rings. The number of aromatic nitrogens is 2. The van der Waals surface area contributed by atoms with Gasteiger partial charge in [-0.05, 0) is 37.0 Å². The van der Waals surface area contributed by atoms with Crippen molar-refractivity contribution >= 4 is 11.0 Å². The highest BCUT2D eigenvalue weighted by Gasteiger charge is 2.13. The van der Waals surface area contributed by atoms with E-state index in [0.717, 1.165) is 36.3 Å². The Kier molecular flexibility index (Phi) is 5.37. The van der Waals surface area contributed by atoms with Crippen molar-refractivity contribution in [3.05, 3.63) is 29.6 Å². The van der Waals surface area contributed by atoms with Crippen molar-refractivity contribution < 1.29 is 4.74 Å². The van der Waals surface area contributed by atoms with Gasteiger partial charge in [-0.2, -0.15) is 0 Å². The molecule has 0 saturated carbocycles. The van der Waals surface area contributed by atoms with E-state index in [1.807, 2.05) is 0 Å². The van der Waals surface area contributed by atoms with Gasteiger partial charge in [-0.25, -0.2) is 4.98 Å². The zero-order valence-electron chi connectivity index (χ0n) is 13.6. The van der Waals surface area contributed by atoms with Gasteiger partial charge in [-0.1, -0.05) is 19.9 Å². The van der Waals surface area contributed by atoms with Crippen LogP contribution in [0.15, 0.2) is 18.2 Å². The molecule has 1 unspecified atom stereocenters. The van der Waals surface area contributed by atoms with Crippen molar-refractivity contribution in [3.63, 3.8) is 0 Å². The number of hydrogen-bond donors (Lipinski definition) is 1. The lowest BCUT2D eigenvalue weighted by molar-refractivity contribution is 0.110. The zero-order valence-corrected chi connectivity index (χ0v) is 13.6. The third-order valence-corrected chi connectivity index (χ3v) is 3.85. The Morgan fingerprint density at radius 2 is 2.05 bits per heavy atom. The average molecular weight is 289 g/mol. The van der Waals surface area contributed by atoms with Crippen LogP contribution in [-0.2, 0) is 24.2 Å². The Bertz CT molecular complexity index is 589. The van der Waals surface area contributed by atoms with E-state index >= 15 is 0 Å². The maximum atomic E-state index is 5.73. The topological polar surface area (TPSA) is 53.1 Å². The number of nitrogens with two attached hydrogens (primary N) is 1. The summed E-state index contributed by atoms with van der Waals surface area (Å²) in [5.74, 6) is 1.74. The Morgan fingerprint density at radius 1 is 1.29 bits per heavy atom. The molecule has 0 aliphatic rings. The van der Waals surface area contributed by atoms with Crippen molar-refractivity contribution in [1.82, 2.24) is 9.55 Å². The van der Waals surface area contributed by atoms with Gasteiger partial charge in [0.25, 0.3) is 0 Å². The van der Waals surface area contributed by atoms with Gasteiger partial charge in [-0.15, -0.1) is 0 Å². The second kappa shape index (κ2) is 7.05. The first-order valence-electron chi connectivity index (χ1n) is 7.76. The van der Waals surface area contributed by atoms with Crippen LogP contribution in [0.1, 0.15) is 38.6 Å². The van der Waals surface area contributed by atoms with Gasteiger partial charge in [0, 0.05) is 26.6 Å². The number of methoxy groups -OCH3 is 1. The first-order valence-corrected chi connectivity index (χ1v) is 7.76. The van der Waals surface area contributed by atoms with Gasteiger partial charge in [0.05, 0.1) is 17.1 Å². The lowest BCUT2D eigenvalue weighted by Crippen LogP contribution is -2.12. The number of hydrogen-bond acceptors (Lipinski definition) is 3. The van der Waals surface area contributed by atoms with E-state index in [2.05, 4.69) is 43.5 Å². The molecule has 4 heteroatoms. The molecule has 116 valence electrons. The molecule has 1 aromatic carbocycles. The highest BCUT2D eigenvalue weighted by Crippen LogP contribution is 2.21. The molecule has 0 bridgehead atoms. The molecule has 21 heavy (non-hydrogen) atoms. The monoisotopic (exact) mass is 289 g/mol. The van der Waals surface area contributed by atoms with Crippen LogP contribution < -0.4 is 5.73 Å². The summed E-state index contributed by atoms with van der Waals surface area (Å²) in [7, 11) is 1.76. The molecule has 0 amide bonds. The number of fused-ring (bicyclic) bond motifs is 1. The molecular formula is C17H27N3O. The molecule has 0 aliphatic heterocycles. The smallest absolute Gasteiger partial charge is 0.109 e. The summed E-state index contributed by atoms with van der Waals surface area (Å²) >= 11 is 0. The molecule has 0 aliphatic carbocycles. The molecule has 0 radical (unpaired) electrons. The van der Waals surface area contributed by atoms with E-state index in [1.165, 1.54) is 5.52 Å². The Hall–Kier alpha value is -1.39. The maximum absolute atomic E-state index is 5.73. The highest BCUT2D eigenvalue weighted by atomic mass is 16.5. The van der Waals surface area contributed by atoms with Gasteiger partial charge >= 0.3 is 0 Å². The maximum Gasteiger partial charge on any atom is 0.109 e. The number of rotatable bonds is 7. The first kappa shape index (κ1) is 16.0. The lowest BCUT2D eigenvalue weighted by Gasteiger charge is -2.13. The number of benzene rings is 1. The lowest BCUT2D eigenvalue weighted by atomic mass is 10.1. The van der Waals surface area contributed by atoms with E-state index < -0.39 is 0 Å². The van der Waals surface area contributed by atoms with Crippen molar-refractivity contribution in [2.75, 3.05) is 7.11 Å². The zero-order chi connectivity index (χ0) is 15.4. The minimum absolute atomic E-state index is 0.261. The molecule has 4 nitrogen and oxygen atoms in total. The summed E-state index contributed by atoms with van der Waals surface area (Å²) in [6.45, 7) is 8.13. The fraction of sp³-hybridized carbons (Fsp3) is 0.588. The number of aryl methyl sites for hydroxylation is 1. The molecule has 2 rings (SSSR count). The largest absolute Gasteiger partial charge is 0.382 e. The first-order chi connectivity index (χ1) is 10.0. The molecule has 1 atom stereocenters. The molecule has 0 spiro atoms. The summed E-state index contributed by atoms with van der Waals surface area (Å²) in [4.78, 5) is 4.83. The van der Waals surface area contributed by atoms with Crippen LogP contribution in [0.5, 0.6) is 0 Å². The van der Waals surface area contributed by atoms with Crippen molar-refractivity contribution in [1.29, 1.82) is 0 Å². The van der Waals surface area contributed by atoms with Crippen molar-refractivity contribution in [2.24, 2.45) is 11.7 Å². The van der Waals surface area contributed by atoms with Crippen LogP contribution in [0.2, 0.25) is 0 Å². The second-order valence-electron chi connectivity index (χ2n) is 6.14. The van der Waals surface area contributed by atoms with Gasteiger partial charge in [0.1, 0.15) is 5.82 Å². The molecule has 0 saturated heterocycles. The van der Waals surface area contributed by atoms with Crippen molar-refractivity contribution in [3.8, 4) is 0 Å². The van der Waals surface area contributed by atoms with Gasteiger partial charge in [0.15, 0.2) is 0 Å². The van der Waals surface area contributed by atoms with Crippen molar-refractivity contribution in [2.45, 2.75) is 52.8 Å². The molecule has 1 heterocycles. The van der Waals surface area contributed by atoms with E-state index in [9.17, 15) is 0 Å². The molecular weight excluding hydrogens is 262 g/mol. The van der Waals surface area contributed by atoms with Crippen LogP contribution in [0.3, 0.4) is 0 Å². The number of imidazole rings is 1. The van der Waals surface area contributed by atoms with Crippen LogP contribution in [0, 0.1) is 5.92 Å². The summed E-state index contributed by atoms with van der Waals surface area (Å²) in [6, 6.07) is 6.36. The Balaban J connectivity index is 2.36. The SMILES string of the molecule is COC(C)CCc1nc2cc(CN)ccc2n1CC(C)C. The number of nitrogens with zero attached hydrogens (tertiary/aromatic N) is 2. The second-order valence-corrected chi connectivity index (χ2v) is 6.14. The van der Waals surface area contributed by atoms with E-state index in [0.29, 0.717) is 12.5 Å². The Morgan fingerprint density at radius 3 is 2.67 bits per heavy atom. The van der Waals surface area contributed by atoms with E-state index in [1.54, 1.807) is 7.11 Å². The quantitative estimate of drug-likeness (QED) is 0.852.